The highest BCUT2D eigenvalue weighted by molar-refractivity contribution is 6.00. The van der Waals surface area contributed by atoms with E-state index in [0.717, 1.165) is 22.5 Å². The predicted molar refractivity (Wildman–Crippen MR) is 168 cm³/mol. The van der Waals surface area contributed by atoms with Crippen LogP contribution in [-0.4, -0.2) is 9.97 Å². The number of pyridine rings is 2. The van der Waals surface area contributed by atoms with Gasteiger partial charge in [-0.05, 0) is 74.5 Å². The molecule has 192 valence electrons. The fourth-order valence-electron chi connectivity index (χ4n) is 6.71. The molecule has 41 heavy (non-hydrogen) atoms. The molecule has 2 aromatic heterocycles. The molecule has 0 bridgehead atoms. The maximum Gasteiger partial charge on any atom is 0.0719 e. The van der Waals surface area contributed by atoms with Crippen LogP contribution in [0.1, 0.15) is 22.3 Å². The molecule has 2 heterocycles. The minimum Gasteiger partial charge on any atom is -0.256 e. The van der Waals surface area contributed by atoms with E-state index in [0.29, 0.717) is 0 Å². The van der Waals surface area contributed by atoms with Gasteiger partial charge in [0.05, 0.1) is 16.8 Å². The van der Waals surface area contributed by atoms with E-state index < -0.39 is 5.41 Å². The topological polar surface area (TPSA) is 25.8 Å². The van der Waals surface area contributed by atoms with Crippen LogP contribution in [0.5, 0.6) is 0 Å². The van der Waals surface area contributed by atoms with Crippen LogP contribution in [-0.2, 0) is 5.41 Å². The summed E-state index contributed by atoms with van der Waals surface area (Å²) in [5.74, 6) is 0. The van der Waals surface area contributed by atoms with Crippen molar-refractivity contribution in [2.24, 2.45) is 0 Å². The molecule has 2 nitrogen and oxygen atoms in total. The lowest BCUT2D eigenvalue weighted by Gasteiger charge is -2.34. The van der Waals surface area contributed by atoms with Gasteiger partial charge in [0.15, 0.2) is 0 Å². The summed E-state index contributed by atoms with van der Waals surface area (Å²) in [5, 5.41) is 2.53. The second-order valence-electron chi connectivity index (χ2n) is 10.6. The molecule has 5 aromatic carbocycles. The third-order valence-corrected chi connectivity index (χ3v) is 8.45. The summed E-state index contributed by atoms with van der Waals surface area (Å²) in [7, 11) is 0. The Balaban J connectivity index is 1.44. The minimum absolute atomic E-state index is 0.449. The van der Waals surface area contributed by atoms with Gasteiger partial charge in [0.2, 0.25) is 0 Å². The average molecular weight is 523 g/mol. The maximum absolute atomic E-state index is 4.79. The molecule has 0 atom stereocenters. The van der Waals surface area contributed by atoms with Crippen molar-refractivity contribution in [1.82, 2.24) is 9.97 Å². The highest BCUT2D eigenvalue weighted by atomic mass is 14.7. The molecular formula is C39H26N2. The summed E-state index contributed by atoms with van der Waals surface area (Å²) in [4.78, 5) is 9.35. The Morgan fingerprint density at radius 3 is 1.88 bits per heavy atom. The van der Waals surface area contributed by atoms with E-state index in [9.17, 15) is 0 Å². The minimum atomic E-state index is -0.449. The average Bonchev–Trinajstić information content (AvgIpc) is 3.37. The van der Waals surface area contributed by atoms with Gasteiger partial charge in [0.1, 0.15) is 0 Å². The molecule has 2 heteroatoms. The van der Waals surface area contributed by atoms with Crippen molar-refractivity contribution in [3.05, 3.63) is 180 Å². The number of benzene rings is 5. The Morgan fingerprint density at radius 2 is 1.12 bits per heavy atom. The van der Waals surface area contributed by atoms with Gasteiger partial charge in [-0.2, -0.15) is 0 Å². The number of nitrogens with zero attached hydrogens (tertiary/aromatic N) is 2. The maximum atomic E-state index is 4.79. The number of hydrogen-bond donors (Lipinski definition) is 0. The molecule has 0 fully saturated rings. The zero-order valence-electron chi connectivity index (χ0n) is 22.4. The summed E-state index contributed by atoms with van der Waals surface area (Å²) in [5.41, 5.74) is 11.3. The van der Waals surface area contributed by atoms with E-state index in [2.05, 4.69) is 126 Å². The fourth-order valence-corrected chi connectivity index (χ4v) is 6.71. The molecule has 0 aliphatic heterocycles. The summed E-state index contributed by atoms with van der Waals surface area (Å²) >= 11 is 0. The first-order chi connectivity index (χ1) is 20.3. The number of rotatable bonds is 4. The Morgan fingerprint density at radius 1 is 0.439 bits per heavy atom. The molecule has 1 aliphatic rings. The van der Waals surface area contributed by atoms with Crippen molar-refractivity contribution in [2.45, 2.75) is 5.41 Å². The van der Waals surface area contributed by atoms with Gasteiger partial charge >= 0.3 is 0 Å². The van der Waals surface area contributed by atoms with Crippen LogP contribution < -0.4 is 0 Å². The Hall–Kier alpha value is -5.34. The third-order valence-electron chi connectivity index (χ3n) is 8.45. The summed E-state index contributed by atoms with van der Waals surface area (Å²) in [6.07, 6.45) is 3.71. The number of fused-ring (bicyclic) bond motifs is 5. The second-order valence-corrected chi connectivity index (χ2v) is 10.6. The normalized spacial score (nSPS) is 13.1. The van der Waals surface area contributed by atoms with Crippen LogP contribution >= 0.6 is 0 Å². The highest BCUT2D eigenvalue weighted by Gasteiger charge is 2.47. The second kappa shape index (κ2) is 9.39. The van der Waals surface area contributed by atoms with Crippen molar-refractivity contribution < 1.29 is 0 Å². The van der Waals surface area contributed by atoms with E-state index >= 15 is 0 Å². The van der Waals surface area contributed by atoms with E-state index in [-0.39, 0.29) is 0 Å². The molecule has 0 saturated carbocycles. The van der Waals surface area contributed by atoms with E-state index in [1.54, 1.807) is 0 Å². The molecule has 1 aliphatic carbocycles. The van der Waals surface area contributed by atoms with Gasteiger partial charge < -0.3 is 0 Å². The van der Waals surface area contributed by atoms with Crippen LogP contribution in [0.2, 0.25) is 0 Å². The van der Waals surface area contributed by atoms with Gasteiger partial charge in [0.25, 0.3) is 0 Å². The Bertz CT molecular complexity index is 1990. The van der Waals surface area contributed by atoms with Gasteiger partial charge in [0, 0.05) is 23.5 Å². The Kier molecular flexibility index (Phi) is 5.39. The quantitative estimate of drug-likeness (QED) is 0.230. The Labute approximate surface area is 239 Å². The standard InChI is InChI=1S/C39H26N2/c1-3-12-30(13-4-1)39(31-14-5-2-6-15-31)35-21-19-28(37-26-29(22-24-41-37)36-17-9-10-23-40-36)25-34(35)33-20-18-27-11-7-8-16-32(27)38(33)39/h1-26H. The lowest BCUT2D eigenvalue weighted by Crippen LogP contribution is -2.28. The first kappa shape index (κ1) is 23.5. The van der Waals surface area contributed by atoms with Gasteiger partial charge in [-0.3, -0.25) is 9.97 Å². The lowest BCUT2D eigenvalue weighted by molar-refractivity contribution is 0.775. The van der Waals surface area contributed by atoms with Gasteiger partial charge in [-0.15, -0.1) is 0 Å². The first-order valence-corrected chi connectivity index (χ1v) is 14.0. The monoisotopic (exact) mass is 522 g/mol. The zero-order valence-corrected chi connectivity index (χ0v) is 22.4. The summed E-state index contributed by atoms with van der Waals surface area (Å²) < 4.78 is 0. The van der Waals surface area contributed by atoms with E-state index in [1.807, 2.05) is 36.7 Å². The number of hydrogen-bond acceptors (Lipinski definition) is 2. The SMILES string of the molecule is c1ccc(C2(c3ccccc3)c3ccc(-c4cc(-c5ccccn5)ccn4)cc3-c3ccc4ccccc4c32)cc1. The van der Waals surface area contributed by atoms with E-state index in [4.69, 9.17) is 4.98 Å². The van der Waals surface area contributed by atoms with Gasteiger partial charge in [-0.1, -0.05) is 115 Å². The summed E-state index contributed by atoms with van der Waals surface area (Å²) in [6.45, 7) is 0. The largest absolute Gasteiger partial charge is 0.256 e. The highest BCUT2D eigenvalue weighted by Crippen LogP contribution is 2.58. The van der Waals surface area contributed by atoms with Gasteiger partial charge in [-0.25, -0.2) is 0 Å². The van der Waals surface area contributed by atoms with Crippen molar-refractivity contribution in [3.8, 4) is 33.6 Å². The fraction of sp³-hybridized carbons (Fsp3) is 0.0256. The number of aromatic nitrogens is 2. The molecule has 0 radical (unpaired) electrons. The smallest absolute Gasteiger partial charge is 0.0719 e. The van der Waals surface area contributed by atoms with Crippen molar-refractivity contribution in [3.63, 3.8) is 0 Å². The molecule has 0 N–H and O–H groups in total. The zero-order chi connectivity index (χ0) is 27.2. The molecule has 7 aromatic rings. The first-order valence-electron chi connectivity index (χ1n) is 14.0. The van der Waals surface area contributed by atoms with Crippen LogP contribution in [0.25, 0.3) is 44.4 Å². The van der Waals surface area contributed by atoms with Crippen molar-refractivity contribution >= 4 is 10.8 Å². The van der Waals surface area contributed by atoms with E-state index in [1.165, 1.54) is 44.2 Å². The molecule has 0 amide bonds. The van der Waals surface area contributed by atoms with Crippen molar-refractivity contribution in [2.75, 3.05) is 0 Å². The lowest BCUT2D eigenvalue weighted by atomic mass is 9.66. The molecule has 0 saturated heterocycles. The van der Waals surface area contributed by atoms with Crippen LogP contribution in [0.3, 0.4) is 0 Å². The molecule has 8 rings (SSSR count). The summed E-state index contributed by atoms with van der Waals surface area (Å²) in [6, 6.07) is 52.4. The molecule has 0 spiro atoms. The van der Waals surface area contributed by atoms with Crippen LogP contribution in [0, 0.1) is 0 Å². The predicted octanol–water partition coefficient (Wildman–Crippen LogP) is 9.33. The molecule has 0 unspecified atom stereocenters. The third kappa shape index (κ3) is 3.58. The molecular weight excluding hydrogens is 496 g/mol. The van der Waals surface area contributed by atoms with Crippen LogP contribution in [0.15, 0.2) is 158 Å². The van der Waals surface area contributed by atoms with Crippen LogP contribution in [0.4, 0.5) is 0 Å². The van der Waals surface area contributed by atoms with Crippen molar-refractivity contribution in [1.29, 1.82) is 0 Å².